The van der Waals surface area contributed by atoms with Gasteiger partial charge >= 0.3 is 6.03 Å². The van der Waals surface area contributed by atoms with Crippen LogP contribution in [-0.2, 0) is 0 Å². The highest BCUT2D eigenvalue weighted by atomic mass is 16.5. The predicted octanol–water partition coefficient (Wildman–Crippen LogP) is 3.35. The minimum Gasteiger partial charge on any atom is -0.493 e. The number of hydrogen-bond acceptors (Lipinski definition) is 4. The predicted molar refractivity (Wildman–Crippen MR) is 106 cm³/mol. The Hall–Kier alpha value is -2.86. The highest BCUT2D eigenvalue weighted by Gasteiger charge is 2.17. The van der Waals surface area contributed by atoms with Crippen molar-refractivity contribution in [1.82, 2.24) is 14.5 Å². The number of piperidine rings is 1. The van der Waals surface area contributed by atoms with Gasteiger partial charge in [-0.05, 0) is 56.3 Å². The summed E-state index contributed by atoms with van der Waals surface area (Å²) in [5, 5.41) is 0.878. The lowest BCUT2D eigenvalue weighted by molar-refractivity contribution is 0.150. The van der Waals surface area contributed by atoms with Crippen LogP contribution in [0.1, 0.15) is 12.8 Å². The van der Waals surface area contributed by atoms with Gasteiger partial charge in [0.05, 0.1) is 6.61 Å². The summed E-state index contributed by atoms with van der Waals surface area (Å²) in [6.45, 7) is 3.02. The molecule has 140 valence electrons. The maximum atomic E-state index is 11.4. The average Bonchev–Trinajstić information content (AvgIpc) is 3.10. The minimum absolute atomic E-state index is 0.533. The molecule has 1 saturated heterocycles. The van der Waals surface area contributed by atoms with Crippen molar-refractivity contribution in [3.63, 3.8) is 0 Å². The number of carbonyl (C=O) groups is 1. The fourth-order valence-electron chi connectivity index (χ4n) is 3.75. The number of aromatic nitrogens is 2. The first kappa shape index (κ1) is 17.5. The van der Waals surface area contributed by atoms with E-state index in [1.807, 2.05) is 36.4 Å². The van der Waals surface area contributed by atoms with Gasteiger partial charge in [0.1, 0.15) is 11.4 Å². The van der Waals surface area contributed by atoms with Gasteiger partial charge in [-0.1, -0.05) is 12.1 Å². The van der Waals surface area contributed by atoms with Crippen molar-refractivity contribution in [2.45, 2.75) is 12.8 Å². The van der Waals surface area contributed by atoms with Gasteiger partial charge in [0.15, 0.2) is 0 Å². The lowest BCUT2D eigenvalue weighted by Crippen LogP contribution is -2.34. The summed E-state index contributed by atoms with van der Waals surface area (Å²) < 4.78 is 7.41. The fraction of sp³-hybridized carbons (Fsp3) is 0.333. The van der Waals surface area contributed by atoms with Gasteiger partial charge in [-0.3, -0.25) is 4.57 Å². The molecule has 0 bridgehead atoms. The van der Waals surface area contributed by atoms with Gasteiger partial charge in [0.25, 0.3) is 0 Å². The molecule has 1 amide bonds. The number of hydrogen-bond donors (Lipinski definition) is 1. The second-order valence-corrected chi connectivity index (χ2v) is 7.27. The van der Waals surface area contributed by atoms with Gasteiger partial charge in [0.2, 0.25) is 0 Å². The molecular formula is C21H24N4O2. The van der Waals surface area contributed by atoms with E-state index in [0.717, 1.165) is 35.4 Å². The molecule has 1 unspecified atom stereocenters. The molecule has 4 rings (SSSR count). The molecule has 1 aromatic carbocycles. The Morgan fingerprint density at radius 2 is 2.19 bits per heavy atom. The van der Waals surface area contributed by atoms with Crippen LogP contribution in [0.3, 0.4) is 0 Å². The van der Waals surface area contributed by atoms with Crippen molar-refractivity contribution in [3.8, 4) is 16.9 Å². The number of fused-ring (bicyclic) bond motifs is 1. The van der Waals surface area contributed by atoms with Gasteiger partial charge in [-0.25, -0.2) is 9.78 Å². The van der Waals surface area contributed by atoms with Crippen LogP contribution in [0.15, 0.2) is 48.8 Å². The second kappa shape index (κ2) is 7.40. The zero-order valence-electron chi connectivity index (χ0n) is 15.5. The molecule has 2 N–H and O–H groups in total. The molecule has 6 heteroatoms. The van der Waals surface area contributed by atoms with Crippen molar-refractivity contribution < 1.29 is 9.53 Å². The molecular weight excluding hydrogens is 340 g/mol. The monoisotopic (exact) mass is 364 g/mol. The number of nitrogens with two attached hydrogens (primary N) is 1. The van der Waals surface area contributed by atoms with Crippen molar-refractivity contribution in [3.05, 3.63) is 48.8 Å². The van der Waals surface area contributed by atoms with Crippen LogP contribution in [0.25, 0.3) is 22.2 Å². The highest BCUT2D eigenvalue weighted by molar-refractivity contribution is 5.90. The molecule has 2 aromatic heterocycles. The van der Waals surface area contributed by atoms with E-state index in [1.165, 1.54) is 24.0 Å². The molecule has 1 aliphatic rings. The van der Waals surface area contributed by atoms with Crippen LogP contribution in [-0.4, -0.2) is 47.2 Å². The quantitative estimate of drug-likeness (QED) is 0.770. The number of carbonyl (C=O) groups excluding carboxylic acids is 1. The van der Waals surface area contributed by atoms with E-state index >= 15 is 0 Å². The molecule has 27 heavy (non-hydrogen) atoms. The van der Waals surface area contributed by atoms with Gasteiger partial charge in [-0.2, -0.15) is 0 Å². The third kappa shape index (κ3) is 3.80. The number of rotatable bonds is 4. The molecule has 1 aliphatic heterocycles. The Morgan fingerprint density at radius 3 is 3.00 bits per heavy atom. The summed E-state index contributed by atoms with van der Waals surface area (Å²) in [5.41, 5.74) is 7.95. The van der Waals surface area contributed by atoms with E-state index in [0.29, 0.717) is 11.6 Å². The standard InChI is InChI=1S/C21H24N4O2/c1-24-8-3-4-15(13-24)14-27-19-6-2-5-16(11-19)18-10-17-7-9-25(21(22)26)20(17)23-12-18/h2,5-7,9-12,15H,3-4,8,13-14H2,1H3,(H2,22,26). The fourth-order valence-corrected chi connectivity index (χ4v) is 3.75. The van der Waals surface area contributed by atoms with Crippen molar-refractivity contribution >= 4 is 17.1 Å². The number of nitrogens with zero attached hydrogens (tertiary/aromatic N) is 3. The van der Waals surface area contributed by atoms with Crippen LogP contribution < -0.4 is 10.5 Å². The van der Waals surface area contributed by atoms with E-state index in [-0.39, 0.29) is 0 Å². The number of pyridine rings is 1. The average molecular weight is 364 g/mol. The maximum absolute atomic E-state index is 11.4. The molecule has 6 nitrogen and oxygen atoms in total. The Bertz CT molecular complexity index is 966. The lowest BCUT2D eigenvalue weighted by Gasteiger charge is -2.29. The lowest BCUT2D eigenvalue weighted by atomic mass is 9.99. The normalized spacial score (nSPS) is 17.9. The van der Waals surface area contributed by atoms with E-state index in [9.17, 15) is 4.79 Å². The molecule has 1 fully saturated rings. The smallest absolute Gasteiger partial charge is 0.324 e. The number of amides is 1. The first-order valence-electron chi connectivity index (χ1n) is 9.29. The third-order valence-electron chi connectivity index (χ3n) is 5.14. The molecule has 3 heterocycles. The van der Waals surface area contributed by atoms with E-state index in [4.69, 9.17) is 10.5 Å². The molecule has 0 spiro atoms. The summed E-state index contributed by atoms with van der Waals surface area (Å²) in [7, 11) is 2.17. The van der Waals surface area contributed by atoms with E-state index in [1.54, 1.807) is 12.4 Å². The highest BCUT2D eigenvalue weighted by Crippen LogP contribution is 2.27. The third-order valence-corrected chi connectivity index (χ3v) is 5.14. The molecule has 0 saturated carbocycles. The molecule has 1 atom stereocenters. The van der Waals surface area contributed by atoms with Crippen molar-refractivity contribution in [2.24, 2.45) is 11.7 Å². The zero-order valence-corrected chi connectivity index (χ0v) is 15.5. The van der Waals surface area contributed by atoms with Gasteiger partial charge in [-0.15, -0.1) is 0 Å². The topological polar surface area (TPSA) is 73.4 Å². The van der Waals surface area contributed by atoms with Crippen LogP contribution in [0.4, 0.5) is 4.79 Å². The van der Waals surface area contributed by atoms with Crippen LogP contribution in [0, 0.1) is 5.92 Å². The van der Waals surface area contributed by atoms with Gasteiger partial charge in [0, 0.05) is 35.8 Å². The zero-order chi connectivity index (χ0) is 18.8. The second-order valence-electron chi connectivity index (χ2n) is 7.27. The summed E-state index contributed by atoms with van der Waals surface area (Å²) >= 11 is 0. The number of ether oxygens (including phenoxy) is 1. The van der Waals surface area contributed by atoms with Crippen LogP contribution in [0.5, 0.6) is 5.75 Å². The molecule has 0 radical (unpaired) electrons. The Labute approximate surface area is 158 Å². The minimum atomic E-state index is -0.533. The maximum Gasteiger partial charge on any atom is 0.324 e. The SMILES string of the molecule is CN1CCCC(COc2cccc(-c3cnc4c(ccn4C(N)=O)c3)c2)C1. The van der Waals surface area contributed by atoms with E-state index in [2.05, 4.69) is 16.9 Å². The summed E-state index contributed by atoms with van der Waals surface area (Å²) in [6.07, 6.45) is 5.87. The molecule has 0 aliphatic carbocycles. The largest absolute Gasteiger partial charge is 0.493 e. The first-order valence-corrected chi connectivity index (χ1v) is 9.29. The number of primary amides is 1. The van der Waals surface area contributed by atoms with Crippen LogP contribution >= 0.6 is 0 Å². The number of likely N-dealkylation sites (tertiary alicyclic amines) is 1. The summed E-state index contributed by atoms with van der Waals surface area (Å²) in [6, 6.07) is 11.4. The van der Waals surface area contributed by atoms with Crippen molar-refractivity contribution in [2.75, 3.05) is 26.7 Å². The Balaban J connectivity index is 1.51. The molecule has 3 aromatic rings. The van der Waals surface area contributed by atoms with E-state index < -0.39 is 6.03 Å². The summed E-state index contributed by atoms with van der Waals surface area (Å²) in [4.78, 5) is 18.2. The Morgan fingerprint density at radius 1 is 1.30 bits per heavy atom. The summed E-state index contributed by atoms with van der Waals surface area (Å²) in [5.74, 6) is 1.45. The van der Waals surface area contributed by atoms with Crippen molar-refractivity contribution in [1.29, 1.82) is 0 Å². The van der Waals surface area contributed by atoms with Crippen LogP contribution in [0.2, 0.25) is 0 Å². The van der Waals surface area contributed by atoms with Gasteiger partial charge < -0.3 is 15.4 Å². The number of benzene rings is 1. The Kier molecular flexibility index (Phi) is 4.81. The first-order chi connectivity index (χ1) is 13.1.